The van der Waals surface area contributed by atoms with Gasteiger partial charge in [0.25, 0.3) is 12.0 Å². The molecule has 0 N–H and O–H groups in total. The van der Waals surface area contributed by atoms with Gasteiger partial charge in [0.2, 0.25) is 0 Å². The van der Waals surface area contributed by atoms with Crippen LogP contribution in [0.25, 0.3) is 0 Å². The monoisotopic (exact) mass is 207 g/mol. The molecule has 2 rings (SSSR count). The number of nitrogens with zero attached hydrogens (tertiary/aromatic N) is 1. The molecule has 0 amide bonds. The third-order valence-corrected chi connectivity index (χ3v) is 2.17. The van der Waals surface area contributed by atoms with Crippen LogP contribution in [0.4, 0.5) is 5.69 Å². The summed E-state index contributed by atoms with van der Waals surface area (Å²) < 4.78 is 10.2. The van der Waals surface area contributed by atoms with Gasteiger partial charge >= 0.3 is 0 Å². The fourth-order valence-corrected chi connectivity index (χ4v) is 1.51. The van der Waals surface area contributed by atoms with Crippen molar-refractivity contribution in [3.8, 4) is 0 Å². The molecule has 1 heterocycles. The van der Waals surface area contributed by atoms with Crippen molar-refractivity contribution < 1.29 is 14.4 Å². The standard InChI is InChI=1S/C10H9NO4/c1-7-3-2-4-8(9(7)11(12)13)10-14-5-6-15-10/h2-6,10H,1H3. The molecule has 0 aromatic heterocycles. The summed E-state index contributed by atoms with van der Waals surface area (Å²) in [5.74, 6) is 0. The average Bonchev–Trinajstić information content (AvgIpc) is 2.69. The zero-order chi connectivity index (χ0) is 10.8. The summed E-state index contributed by atoms with van der Waals surface area (Å²) in [4.78, 5) is 10.5. The molecule has 5 heteroatoms. The van der Waals surface area contributed by atoms with Crippen LogP contribution in [0.1, 0.15) is 17.4 Å². The Morgan fingerprint density at radius 1 is 1.33 bits per heavy atom. The first-order chi connectivity index (χ1) is 7.20. The topological polar surface area (TPSA) is 61.6 Å². The van der Waals surface area contributed by atoms with E-state index >= 15 is 0 Å². The average molecular weight is 207 g/mol. The Morgan fingerprint density at radius 3 is 2.60 bits per heavy atom. The Labute approximate surface area is 86.1 Å². The lowest BCUT2D eigenvalue weighted by atomic mass is 10.1. The minimum atomic E-state index is -0.703. The number of hydrogen-bond acceptors (Lipinski definition) is 4. The normalized spacial score (nSPS) is 14.7. The molecule has 1 aliphatic rings. The number of ether oxygens (including phenoxy) is 2. The van der Waals surface area contributed by atoms with Gasteiger partial charge in [0, 0.05) is 5.56 Å². The molecule has 0 atom stereocenters. The fraction of sp³-hybridized carbons (Fsp3) is 0.200. The molecular weight excluding hydrogens is 198 g/mol. The molecule has 0 bridgehead atoms. The maximum Gasteiger partial charge on any atom is 0.282 e. The number of benzene rings is 1. The minimum Gasteiger partial charge on any atom is -0.455 e. The molecule has 0 unspecified atom stereocenters. The summed E-state index contributed by atoms with van der Waals surface area (Å²) in [6.07, 6.45) is 2.04. The molecule has 0 spiro atoms. The SMILES string of the molecule is Cc1cccc(C2OC=CO2)c1[N+](=O)[O-]. The van der Waals surface area contributed by atoms with Gasteiger partial charge in [-0.1, -0.05) is 12.1 Å². The summed E-state index contributed by atoms with van der Waals surface area (Å²) in [6.45, 7) is 1.68. The first-order valence-electron chi connectivity index (χ1n) is 4.40. The van der Waals surface area contributed by atoms with E-state index in [4.69, 9.17) is 9.47 Å². The lowest BCUT2D eigenvalue weighted by molar-refractivity contribution is -0.387. The molecule has 1 aliphatic heterocycles. The van der Waals surface area contributed by atoms with Crippen molar-refractivity contribution >= 4 is 5.69 Å². The molecule has 5 nitrogen and oxygen atoms in total. The molecule has 0 radical (unpaired) electrons. The smallest absolute Gasteiger partial charge is 0.282 e. The molecule has 0 saturated heterocycles. The zero-order valence-corrected chi connectivity index (χ0v) is 8.04. The van der Waals surface area contributed by atoms with Crippen LogP contribution >= 0.6 is 0 Å². The van der Waals surface area contributed by atoms with Gasteiger partial charge < -0.3 is 9.47 Å². The fourth-order valence-electron chi connectivity index (χ4n) is 1.51. The van der Waals surface area contributed by atoms with E-state index < -0.39 is 11.2 Å². The first-order valence-corrected chi connectivity index (χ1v) is 4.40. The van der Waals surface area contributed by atoms with Crippen LogP contribution in [0.2, 0.25) is 0 Å². The lowest BCUT2D eigenvalue weighted by Gasteiger charge is -2.11. The number of rotatable bonds is 2. The number of aryl methyl sites for hydroxylation is 1. The van der Waals surface area contributed by atoms with Gasteiger partial charge in [0.1, 0.15) is 18.1 Å². The number of nitro groups is 1. The van der Waals surface area contributed by atoms with Crippen LogP contribution in [-0.4, -0.2) is 4.92 Å². The molecule has 78 valence electrons. The van der Waals surface area contributed by atoms with Gasteiger partial charge in [-0.2, -0.15) is 0 Å². The highest BCUT2D eigenvalue weighted by atomic mass is 16.7. The molecule has 1 aromatic carbocycles. The van der Waals surface area contributed by atoms with E-state index in [1.165, 1.54) is 12.5 Å². The Hall–Kier alpha value is -2.04. The summed E-state index contributed by atoms with van der Waals surface area (Å²) in [6, 6.07) is 5.05. The van der Waals surface area contributed by atoms with Gasteiger partial charge in [-0.15, -0.1) is 0 Å². The largest absolute Gasteiger partial charge is 0.455 e. The third-order valence-electron chi connectivity index (χ3n) is 2.17. The van der Waals surface area contributed by atoms with Gasteiger partial charge in [0.15, 0.2) is 0 Å². The van der Waals surface area contributed by atoms with Crippen LogP contribution in [0, 0.1) is 17.0 Å². The molecule has 1 aromatic rings. The van der Waals surface area contributed by atoms with Crippen LogP contribution in [0.5, 0.6) is 0 Å². The molecule has 0 aliphatic carbocycles. The van der Waals surface area contributed by atoms with Gasteiger partial charge in [-0.25, -0.2) is 0 Å². The molecule has 0 fully saturated rings. The second-order valence-corrected chi connectivity index (χ2v) is 3.15. The number of para-hydroxylation sites is 1. The Kier molecular flexibility index (Phi) is 2.29. The van der Waals surface area contributed by atoms with E-state index in [0.29, 0.717) is 11.1 Å². The quantitative estimate of drug-likeness (QED) is 0.551. The zero-order valence-electron chi connectivity index (χ0n) is 8.04. The second-order valence-electron chi connectivity index (χ2n) is 3.15. The Balaban J connectivity index is 2.45. The van der Waals surface area contributed by atoms with E-state index in [-0.39, 0.29) is 5.69 Å². The van der Waals surface area contributed by atoms with Crippen molar-refractivity contribution in [2.75, 3.05) is 0 Å². The van der Waals surface area contributed by atoms with Crippen LogP contribution in [0.3, 0.4) is 0 Å². The highest BCUT2D eigenvalue weighted by Gasteiger charge is 2.27. The number of hydrogen-bond donors (Lipinski definition) is 0. The van der Waals surface area contributed by atoms with Gasteiger partial charge in [-0.05, 0) is 13.0 Å². The second kappa shape index (κ2) is 3.61. The minimum absolute atomic E-state index is 0.0474. The van der Waals surface area contributed by atoms with Crippen molar-refractivity contribution in [1.82, 2.24) is 0 Å². The van der Waals surface area contributed by atoms with Crippen molar-refractivity contribution in [3.05, 3.63) is 52.0 Å². The first kappa shape index (κ1) is 9.51. The Morgan fingerprint density at radius 2 is 2.00 bits per heavy atom. The van der Waals surface area contributed by atoms with E-state index in [1.807, 2.05) is 0 Å². The van der Waals surface area contributed by atoms with Crippen molar-refractivity contribution in [3.63, 3.8) is 0 Å². The summed E-state index contributed by atoms with van der Waals surface area (Å²) in [5.41, 5.74) is 1.08. The van der Waals surface area contributed by atoms with E-state index in [1.54, 1.807) is 25.1 Å². The molecule has 0 saturated carbocycles. The highest BCUT2D eigenvalue weighted by molar-refractivity contribution is 5.47. The van der Waals surface area contributed by atoms with Gasteiger partial charge in [-0.3, -0.25) is 10.1 Å². The van der Waals surface area contributed by atoms with E-state index in [0.717, 1.165) is 0 Å². The van der Waals surface area contributed by atoms with Crippen molar-refractivity contribution in [2.24, 2.45) is 0 Å². The summed E-state index contributed by atoms with van der Waals surface area (Å²) in [5, 5.41) is 10.9. The maximum absolute atomic E-state index is 10.9. The van der Waals surface area contributed by atoms with E-state index in [9.17, 15) is 10.1 Å². The summed E-state index contributed by atoms with van der Waals surface area (Å²) >= 11 is 0. The molecular formula is C10H9NO4. The molecule has 15 heavy (non-hydrogen) atoms. The third kappa shape index (κ3) is 1.63. The Bertz CT molecular complexity index is 419. The summed E-state index contributed by atoms with van der Waals surface area (Å²) in [7, 11) is 0. The van der Waals surface area contributed by atoms with Crippen molar-refractivity contribution in [2.45, 2.75) is 13.2 Å². The maximum atomic E-state index is 10.9. The van der Waals surface area contributed by atoms with E-state index in [2.05, 4.69) is 0 Å². The highest BCUT2D eigenvalue weighted by Crippen LogP contribution is 2.33. The van der Waals surface area contributed by atoms with Crippen LogP contribution in [0.15, 0.2) is 30.7 Å². The number of nitro benzene ring substituents is 1. The predicted octanol–water partition coefficient (Wildman–Crippen LogP) is 2.42. The lowest BCUT2D eigenvalue weighted by Crippen LogP contribution is -2.04. The predicted molar refractivity (Wildman–Crippen MR) is 51.9 cm³/mol. The van der Waals surface area contributed by atoms with Crippen LogP contribution in [-0.2, 0) is 9.47 Å². The van der Waals surface area contributed by atoms with Crippen molar-refractivity contribution in [1.29, 1.82) is 0 Å². The van der Waals surface area contributed by atoms with Crippen LogP contribution < -0.4 is 0 Å². The van der Waals surface area contributed by atoms with Gasteiger partial charge in [0.05, 0.1) is 4.92 Å².